The lowest BCUT2D eigenvalue weighted by Crippen LogP contribution is -2.11. The van der Waals surface area contributed by atoms with Gasteiger partial charge in [-0.25, -0.2) is 4.39 Å². The Morgan fingerprint density at radius 3 is 2.55 bits per heavy atom. The molecule has 20 heavy (non-hydrogen) atoms. The standard InChI is InChI=1S/C15H16FN3O/c1-20-15-10(9-3-2-4-9)5-6-11(14(15)16)12-7-8-13(17)19-18-12/h5-9H,2-4H2,1H3,(H2,17,19). The average Bonchev–Trinajstić information content (AvgIpc) is 2.39. The van der Waals surface area contributed by atoms with Gasteiger partial charge < -0.3 is 10.5 Å². The number of anilines is 1. The molecule has 0 atom stereocenters. The van der Waals surface area contributed by atoms with Crippen LogP contribution in [0.5, 0.6) is 5.75 Å². The van der Waals surface area contributed by atoms with Crippen molar-refractivity contribution in [2.75, 3.05) is 12.8 Å². The van der Waals surface area contributed by atoms with Gasteiger partial charge in [-0.15, -0.1) is 10.2 Å². The molecule has 0 spiro atoms. The number of aromatic nitrogens is 2. The molecule has 1 aliphatic carbocycles. The zero-order chi connectivity index (χ0) is 14.1. The van der Waals surface area contributed by atoms with Gasteiger partial charge in [0.1, 0.15) is 5.82 Å². The first-order chi connectivity index (χ1) is 9.70. The summed E-state index contributed by atoms with van der Waals surface area (Å²) in [6.07, 6.45) is 3.38. The van der Waals surface area contributed by atoms with E-state index >= 15 is 0 Å². The molecule has 1 heterocycles. The Labute approximate surface area is 116 Å². The fourth-order valence-electron chi connectivity index (χ4n) is 2.50. The van der Waals surface area contributed by atoms with Crippen molar-refractivity contribution in [2.45, 2.75) is 25.2 Å². The Kier molecular flexibility index (Phi) is 3.26. The summed E-state index contributed by atoms with van der Waals surface area (Å²) < 4.78 is 19.9. The van der Waals surface area contributed by atoms with Gasteiger partial charge in [-0.2, -0.15) is 0 Å². The van der Waals surface area contributed by atoms with E-state index in [0.717, 1.165) is 18.4 Å². The molecule has 0 aliphatic heterocycles. The van der Waals surface area contributed by atoms with Crippen LogP contribution in [0.3, 0.4) is 0 Å². The van der Waals surface area contributed by atoms with Crippen molar-refractivity contribution in [2.24, 2.45) is 0 Å². The molecule has 1 saturated carbocycles. The van der Waals surface area contributed by atoms with Gasteiger partial charge >= 0.3 is 0 Å². The smallest absolute Gasteiger partial charge is 0.174 e. The number of nitrogens with two attached hydrogens (primary N) is 1. The van der Waals surface area contributed by atoms with E-state index in [4.69, 9.17) is 10.5 Å². The predicted octanol–water partition coefficient (Wildman–Crippen LogP) is 3.14. The number of hydrogen-bond acceptors (Lipinski definition) is 4. The second-order valence-corrected chi connectivity index (χ2v) is 5.02. The molecular weight excluding hydrogens is 257 g/mol. The first kappa shape index (κ1) is 12.8. The van der Waals surface area contributed by atoms with Crippen molar-refractivity contribution in [1.29, 1.82) is 0 Å². The van der Waals surface area contributed by atoms with Crippen LogP contribution in [0.1, 0.15) is 30.7 Å². The highest BCUT2D eigenvalue weighted by Crippen LogP contribution is 2.43. The zero-order valence-electron chi connectivity index (χ0n) is 11.3. The van der Waals surface area contributed by atoms with Crippen LogP contribution in [0.25, 0.3) is 11.3 Å². The van der Waals surface area contributed by atoms with Gasteiger partial charge in [0.05, 0.1) is 12.8 Å². The summed E-state index contributed by atoms with van der Waals surface area (Å²) in [6, 6.07) is 6.93. The number of nitrogens with zero attached hydrogens (tertiary/aromatic N) is 2. The minimum Gasteiger partial charge on any atom is -0.493 e. The van der Waals surface area contributed by atoms with Gasteiger partial charge in [0.15, 0.2) is 11.6 Å². The maximum Gasteiger partial charge on any atom is 0.174 e. The van der Waals surface area contributed by atoms with Crippen molar-refractivity contribution in [3.8, 4) is 17.0 Å². The van der Waals surface area contributed by atoms with Gasteiger partial charge in [-0.3, -0.25) is 0 Å². The molecule has 104 valence electrons. The summed E-state index contributed by atoms with van der Waals surface area (Å²) in [6.45, 7) is 0. The monoisotopic (exact) mass is 273 g/mol. The van der Waals surface area contributed by atoms with Crippen LogP contribution in [0.15, 0.2) is 24.3 Å². The van der Waals surface area contributed by atoms with Crippen LogP contribution in [0, 0.1) is 5.82 Å². The van der Waals surface area contributed by atoms with E-state index in [1.807, 2.05) is 6.07 Å². The van der Waals surface area contributed by atoms with Gasteiger partial charge in [-0.05, 0) is 37.0 Å². The van der Waals surface area contributed by atoms with E-state index in [9.17, 15) is 4.39 Å². The number of ether oxygens (including phenoxy) is 1. The molecule has 1 fully saturated rings. The van der Waals surface area contributed by atoms with Crippen LogP contribution in [-0.2, 0) is 0 Å². The molecule has 3 rings (SSSR count). The highest BCUT2D eigenvalue weighted by molar-refractivity contribution is 5.64. The van der Waals surface area contributed by atoms with Crippen molar-refractivity contribution in [3.05, 3.63) is 35.6 Å². The van der Waals surface area contributed by atoms with E-state index < -0.39 is 0 Å². The van der Waals surface area contributed by atoms with Crippen molar-refractivity contribution in [1.82, 2.24) is 10.2 Å². The largest absolute Gasteiger partial charge is 0.493 e. The van der Waals surface area contributed by atoms with Crippen LogP contribution < -0.4 is 10.5 Å². The second-order valence-electron chi connectivity index (χ2n) is 5.02. The van der Waals surface area contributed by atoms with Crippen LogP contribution in [-0.4, -0.2) is 17.3 Å². The number of halogens is 1. The molecule has 1 aromatic heterocycles. The minimum absolute atomic E-state index is 0.312. The number of nitrogen functional groups attached to an aromatic ring is 1. The Morgan fingerprint density at radius 2 is 2.00 bits per heavy atom. The first-order valence-corrected chi connectivity index (χ1v) is 6.66. The zero-order valence-corrected chi connectivity index (χ0v) is 11.3. The van der Waals surface area contributed by atoms with E-state index in [1.54, 1.807) is 18.2 Å². The molecule has 0 amide bonds. The van der Waals surface area contributed by atoms with Gasteiger partial charge in [0.2, 0.25) is 0 Å². The summed E-state index contributed by atoms with van der Waals surface area (Å²) in [5.74, 6) is 0.667. The highest BCUT2D eigenvalue weighted by atomic mass is 19.1. The lowest BCUT2D eigenvalue weighted by Gasteiger charge is -2.27. The lowest BCUT2D eigenvalue weighted by molar-refractivity contribution is 0.355. The quantitative estimate of drug-likeness (QED) is 0.933. The Balaban J connectivity index is 2.06. The van der Waals surface area contributed by atoms with Crippen LogP contribution in [0.4, 0.5) is 10.2 Å². The molecule has 1 aromatic carbocycles. The van der Waals surface area contributed by atoms with Gasteiger partial charge in [-0.1, -0.05) is 12.5 Å². The number of benzene rings is 1. The molecule has 0 bridgehead atoms. The average molecular weight is 273 g/mol. The molecule has 2 aromatic rings. The molecule has 4 nitrogen and oxygen atoms in total. The Bertz CT molecular complexity index is 624. The third-order valence-corrected chi connectivity index (χ3v) is 3.84. The van der Waals surface area contributed by atoms with Crippen LogP contribution >= 0.6 is 0 Å². The minimum atomic E-state index is -0.379. The number of rotatable bonds is 3. The van der Waals surface area contributed by atoms with Gasteiger partial charge in [0.25, 0.3) is 0 Å². The summed E-state index contributed by atoms with van der Waals surface area (Å²) in [7, 11) is 1.50. The summed E-state index contributed by atoms with van der Waals surface area (Å²) >= 11 is 0. The van der Waals surface area contributed by atoms with E-state index in [0.29, 0.717) is 28.7 Å². The van der Waals surface area contributed by atoms with Crippen molar-refractivity contribution < 1.29 is 9.13 Å². The number of hydrogen-bond donors (Lipinski definition) is 1. The molecule has 5 heteroatoms. The SMILES string of the molecule is COc1c(C2CCC2)ccc(-c2ccc(N)nn2)c1F. The highest BCUT2D eigenvalue weighted by Gasteiger charge is 2.26. The maximum absolute atomic E-state index is 14.6. The first-order valence-electron chi connectivity index (χ1n) is 6.66. The summed E-state index contributed by atoms with van der Waals surface area (Å²) in [5.41, 5.74) is 7.28. The molecule has 1 aliphatic rings. The van der Waals surface area contributed by atoms with E-state index in [2.05, 4.69) is 10.2 Å². The fraction of sp³-hybridized carbons (Fsp3) is 0.333. The van der Waals surface area contributed by atoms with E-state index in [1.165, 1.54) is 13.5 Å². The Morgan fingerprint density at radius 1 is 1.20 bits per heavy atom. The third-order valence-electron chi connectivity index (χ3n) is 3.84. The topological polar surface area (TPSA) is 61.0 Å². The molecule has 2 N–H and O–H groups in total. The van der Waals surface area contributed by atoms with Gasteiger partial charge in [0, 0.05) is 11.1 Å². The third kappa shape index (κ3) is 2.09. The lowest BCUT2D eigenvalue weighted by atomic mass is 9.79. The maximum atomic E-state index is 14.6. The van der Waals surface area contributed by atoms with Crippen LogP contribution in [0.2, 0.25) is 0 Å². The molecular formula is C15H16FN3O. The summed E-state index contributed by atoms with van der Waals surface area (Å²) in [4.78, 5) is 0. The predicted molar refractivity (Wildman–Crippen MR) is 75.0 cm³/mol. The second kappa shape index (κ2) is 5.07. The van der Waals surface area contributed by atoms with Crippen molar-refractivity contribution in [3.63, 3.8) is 0 Å². The number of methoxy groups -OCH3 is 1. The fourth-order valence-corrected chi connectivity index (χ4v) is 2.50. The molecule has 0 unspecified atom stereocenters. The Hall–Kier alpha value is -2.17. The van der Waals surface area contributed by atoms with Crippen molar-refractivity contribution >= 4 is 5.82 Å². The molecule has 0 radical (unpaired) electrons. The molecule has 0 saturated heterocycles. The summed E-state index contributed by atoms with van der Waals surface area (Å²) in [5, 5.41) is 7.68. The van der Waals surface area contributed by atoms with E-state index in [-0.39, 0.29) is 5.82 Å². The normalized spacial score (nSPS) is 14.9.